The van der Waals surface area contributed by atoms with E-state index in [1.54, 1.807) is 0 Å². The van der Waals surface area contributed by atoms with Gasteiger partial charge in [0.1, 0.15) is 22.5 Å². The lowest BCUT2D eigenvalue weighted by atomic mass is 10.2. The zero-order valence-electron chi connectivity index (χ0n) is 15.2. The van der Waals surface area contributed by atoms with E-state index in [0.29, 0.717) is 18.4 Å². The van der Waals surface area contributed by atoms with Crippen molar-refractivity contribution in [3.8, 4) is 5.75 Å². The lowest BCUT2D eigenvalue weighted by Gasteiger charge is -2.23. The normalized spacial score (nSPS) is 17.4. The zero-order chi connectivity index (χ0) is 21.0. The maximum Gasteiger partial charge on any atom is 0.387 e. The smallest absolute Gasteiger partial charge is 0.387 e. The van der Waals surface area contributed by atoms with Gasteiger partial charge in [-0.15, -0.1) is 0 Å². The fraction of sp³-hybridized carbons (Fsp3) is 0.316. The minimum absolute atomic E-state index is 0.00646. The van der Waals surface area contributed by atoms with Gasteiger partial charge in [-0.3, -0.25) is 4.79 Å². The van der Waals surface area contributed by atoms with Gasteiger partial charge >= 0.3 is 6.61 Å². The Bertz CT molecular complexity index is 968. The first-order chi connectivity index (χ1) is 13.8. The summed E-state index contributed by atoms with van der Waals surface area (Å²) in [5, 5.41) is 2.64. The summed E-state index contributed by atoms with van der Waals surface area (Å²) in [4.78, 5) is 12.1. The molecule has 0 aliphatic carbocycles. The predicted octanol–water partition coefficient (Wildman–Crippen LogP) is 2.90. The molecule has 0 bridgehead atoms. The molecule has 156 valence electrons. The van der Waals surface area contributed by atoms with Crippen molar-refractivity contribution in [2.45, 2.75) is 36.9 Å². The van der Waals surface area contributed by atoms with Gasteiger partial charge in [0, 0.05) is 13.1 Å². The van der Waals surface area contributed by atoms with E-state index in [1.165, 1.54) is 42.5 Å². The summed E-state index contributed by atoms with van der Waals surface area (Å²) in [6, 6.07) is 9.81. The van der Waals surface area contributed by atoms with E-state index in [-0.39, 0.29) is 18.8 Å². The van der Waals surface area contributed by atoms with Crippen LogP contribution >= 0.6 is 0 Å². The number of halogens is 3. The average Bonchev–Trinajstić information content (AvgIpc) is 3.18. The van der Waals surface area contributed by atoms with Gasteiger partial charge < -0.3 is 10.1 Å². The van der Waals surface area contributed by atoms with Crippen LogP contribution in [0.15, 0.2) is 53.4 Å². The van der Waals surface area contributed by atoms with Gasteiger partial charge in [-0.1, -0.05) is 24.3 Å². The molecule has 6 nitrogen and oxygen atoms in total. The van der Waals surface area contributed by atoms with Crippen molar-refractivity contribution in [2.75, 3.05) is 6.54 Å². The molecule has 1 N–H and O–H groups in total. The zero-order valence-corrected chi connectivity index (χ0v) is 16.0. The van der Waals surface area contributed by atoms with Crippen molar-refractivity contribution < 1.29 is 31.1 Å². The Balaban J connectivity index is 1.66. The number of alkyl halides is 2. The highest BCUT2D eigenvalue weighted by molar-refractivity contribution is 7.89. The van der Waals surface area contributed by atoms with Crippen molar-refractivity contribution in [3.63, 3.8) is 0 Å². The number of carbonyl (C=O) groups excluding carboxylic acids is 1. The second kappa shape index (κ2) is 8.83. The molecule has 0 aromatic heterocycles. The number of hydrogen-bond donors (Lipinski definition) is 1. The van der Waals surface area contributed by atoms with Crippen LogP contribution in [0.5, 0.6) is 5.75 Å². The predicted molar refractivity (Wildman–Crippen MR) is 98.2 cm³/mol. The van der Waals surface area contributed by atoms with Gasteiger partial charge in [0.05, 0.1) is 0 Å². The van der Waals surface area contributed by atoms with E-state index in [0.717, 1.165) is 10.4 Å². The summed E-state index contributed by atoms with van der Waals surface area (Å²) in [5.41, 5.74) is 0.626. The minimum atomic E-state index is -4.15. The Morgan fingerprint density at radius 1 is 1.17 bits per heavy atom. The molecule has 1 fully saturated rings. The Morgan fingerprint density at radius 2 is 1.86 bits per heavy atom. The molecule has 3 rings (SSSR count). The molecule has 1 aliphatic rings. The number of ether oxygens (including phenoxy) is 1. The standard InChI is InChI=1S/C19H19F3N2O4S/c20-15-4-1-2-6-17(15)29(26,27)24-11-3-5-16(24)18(25)23-12-13-7-9-14(10-8-13)28-19(21)22/h1-2,4,6-10,16,19H,3,5,11-12H2,(H,23,25). The Kier molecular flexibility index (Phi) is 6.43. The maximum absolute atomic E-state index is 14.0. The molecule has 1 amide bonds. The van der Waals surface area contributed by atoms with Crippen molar-refractivity contribution in [1.82, 2.24) is 9.62 Å². The maximum atomic E-state index is 14.0. The van der Waals surface area contributed by atoms with Crippen LogP contribution in [0.3, 0.4) is 0 Å². The third-order valence-corrected chi connectivity index (χ3v) is 6.49. The van der Waals surface area contributed by atoms with Crippen LogP contribution in [-0.2, 0) is 21.4 Å². The SMILES string of the molecule is O=C(NCc1ccc(OC(F)F)cc1)C1CCCN1S(=O)(=O)c1ccccc1F. The van der Waals surface area contributed by atoms with E-state index >= 15 is 0 Å². The first-order valence-corrected chi connectivity index (χ1v) is 10.3. The van der Waals surface area contributed by atoms with Crippen LogP contribution in [0.2, 0.25) is 0 Å². The Hall–Kier alpha value is -2.59. The molecule has 1 aliphatic heterocycles. The molecule has 0 saturated carbocycles. The molecule has 2 aromatic rings. The quantitative estimate of drug-likeness (QED) is 0.736. The van der Waals surface area contributed by atoms with Crippen molar-refractivity contribution >= 4 is 15.9 Å². The molecule has 1 heterocycles. The van der Waals surface area contributed by atoms with E-state index in [1.807, 2.05) is 0 Å². The van der Waals surface area contributed by atoms with E-state index in [4.69, 9.17) is 0 Å². The molecule has 10 heteroatoms. The number of amides is 1. The number of nitrogens with zero attached hydrogens (tertiary/aromatic N) is 1. The van der Waals surface area contributed by atoms with Gasteiger partial charge in [-0.2, -0.15) is 13.1 Å². The first kappa shape index (κ1) is 21.1. The fourth-order valence-corrected chi connectivity index (χ4v) is 4.89. The molecule has 0 spiro atoms. The lowest BCUT2D eigenvalue weighted by molar-refractivity contribution is -0.124. The highest BCUT2D eigenvalue weighted by Gasteiger charge is 2.40. The number of benzene rings is 2. The third-order valence-electron chi connectivity index (χ3n) is 4.54. The summed E-state index contributed by atoms with van der Waals surface area (Å²) in [7, 11) is -4.15. The largest absolute Gasteiger partial charge is 0.435 e. The van der Waals surface area contributed by atoms with Crippen LogP contribution < -0.4 is 10.1 Å². The molecule has 0 radical (unpaired) electrons. The minimum Gasteiger partial charge on any atom is -0.435 e. The molecule has 2 aromatic carbocycles. The number of nitrogens with one attached hydrogen (secondary N) is 1. The van der Waals surface area contributed by atoms with Crippen LogP contribution in [0.1, 0.15) is 18.4 Å². The molecule has 29 heavy (non-hydrogen) atoms. The van der Waals surface area contributed by atoms with Gasteiger partial charge in [0.25, 0.3) is 0 Å². The highest BCUT2D eigenvalue weighted by atomic mass is 32.2. The molecular weight excluding hydrogens is 409 g/mol. The molecular formula is C19H19F3N2O4S. The second-order valence-electron chi connectivity index (χ2n) is 6.44. The highest BCUT2D eigenvalue weighted by Crippen LogP contribution is 2.27. The lowest BCUT2D eigenvalue weighted by Crippen LogP contribution is -2.45. The van der Waals surface area contributed by atoms with E-state index in [9.17, 15) is 26.4 Å². The monoisotopic (exact) mass is 428 g/mol. The molecule has 1 unspecified atom stereocenters. The number of carbonyl (C=O) groups is 1. The van der Waals surface area contributed by atoms with Gasteiger partial charge in [-0.25, -0.2) is 12.8 Å². The molecule has 1 saturated heterocycles. The summed E-state index contributed by atoms with van der Waals surface area (Å²) >= 11 is 0. The topological polar surface area (TPSA) is 75.7 Å². The van der Waals surface area contributed by atoms with Gasteiger partial charge in [0.2, 0.25) is 15.9 Å². The summed E-state index contributed by atoms with van der Waals surface area (Å²) in [5.74, 6) is -1.38. The third kappa shape index (κ3) is 4.88. The van der Waals surface area contributed by atoms with Crippen LogP contribution in [0.4, 0.5) is 13.2 Å². The number of hydrogen-bond acceptors (Lipinski definition) is 4. The summed E-state index contributed by atoms with van der Waals surface area (Å²) in [6.45, 7) is -2.72. The first-order valence-electron chi connectivity index (χ1n) is 8.87. The average molecular weight is 428 g/mol. The van der Waals surface area contributed by atoms with Crippen LogP contribution in [0.25, 0.3) is 0 Å². The van der Waals surface area contributed by atoms with Gasteiger partial charge in [0.15, 0.2) is 0 Å². The van der Waals surface area contributed by atoms with Crippen LogP contribution in [0, 0.1) is 5.82 Å². The van der Waals surface area contributed by atoms with E-state index in [2.05, 4.69) is 10.1 Å². The molecule has 1 atom stereocenters. The Morgan fingerprint density at radius 3 is 2.52 bits per heavy atom. The Labute approximate surface area is 166 Å². The summed E-state index contributed by atoms with van der Waals surface area (Å²) in [6.07, 6.45) is 0.798. The summed E-state index contributed by atoms with van der Waals surface area (Å²) < 4.78 is 69.2. The van der Waals surface area contributed by atoms with E-state index < -0.39 is 39.3 Å². The number of rotatable bonds is 7. The van der Waals surface area contributed by atoms with Gasteiger partial charge in [-0.05, 0) is 42.7 Å². The second-order valence-corrected chi connectivity index (χ2v) is 8.30. The van der Waals surface area contributed by atoms with Crippen molar-refractivity contribution in [2.24, 2.45) is 0 Å². The van der Waals surface area contributed by atoms with Crippen molar-refractivity contribution in [3.05, 3.63) is 59.9 Å². The fourth-order valence-electron chi connectivity index (χ4n) is 3.17. The number of sulfonamides is 1. The van der Waals surface area contributed by atoms with Crippen LogP contribution in [-0.4, -0.2) is 37.8 Å². The van der Waals surface area contributed by atoms with Crippen molar-refractivity contribution in [1.29, 1.82) is 0 Å².